The lowest BCUT2D eigenvalue weighted by atomic mass is 9.96. The Bertz CT molecular complexity index is 312. The average molecular weight is 283 g/mol. The van der Waals surface area contributed by atoms with Gasteiger partial charge < -0.3 is 20.2 Å². The molecule has 5 heteroatoms. The van der Waals surface area contributed by atoms with Crippen LogP contribution in [-0.2, 0) is 4.79 Å². The molecule has 20 heavy (non-hydrogen) atoms. The van der Waals surface area contributed by atoms with E-state index < -0.39 is 5.97 Å². The van der Waals surface area contributed by atoms with Crippen LogP contribution in [-0.4, -0.2) is 73.2 Å². The van der Waals surface area contributed by atoms with Crippen LogP contribution >= 0.6 is 0 Å². The summed E-state index contributed by atoms with van der Waals surface area (Å²) in [7, 11) is 4.30. The molecule has 0 radical (unpaired) electrons. The average Bonchev–Trinajstić information content (AvgIpc) is 3.21. The Labute approximate surface area is 122 Å². The van der Waals surface area contributed by atoms with Crippen molar-refractivity contribution in [3.63, 3.8) is 0 Å². The van der Waals surface area contributed by atoms with E-state index in [1.807, 2.05) is 0 Å². The van der Waals surface area contributed by atoms with Crippen molar-refractivity contribution in [3.8, 4) is 0 Å². The van der Waals surface area contributed by atoms with Crippen molar-refractivity contribution in [2.24, 2.45) is 5.92 Å². The van der Waals surface area contributed by atoms with Gasteiger partial charge in [0.2, 0.25) is 0 Å². The maximum absolute atomic E-state index is 11.2. The van der Waals surface area contributed by atoms with Crippen LogP contribution in [0.1, 0.15) is 32.1 Å². The zero-order valence-corrected chi connectivity index (χ0v) is 12.8. The van der Waals surface area contributed by atoms with Gasteiger partial charge >= 0.3 is 5.97 Å². The molecule has 2 rings (SSSR count). The molecular formula is C15H29N3O2. The molecule has 2 aliphatic rings. The van der Waals surface area contributed by atoms with Gasteiger partial charge in [0.1, 0.15) is 6.04 Å². The molecule has 1 aliphatic heterocycles. The highest BCUT2D eigenvalue weighted by molar-refractivity contribution is 5.73. The standard InChI is InChI=1S/C15H29N3O2/c1-17-8-5-12(6-9-17)11-18(2)10-7-14(15(19)20)16-13-3-4-13/h12-14,16H,3-11H2,1-2H3,(H,19,20). The fourth-order valence-corrected chi connectivity index (χ4v) is 2.94. The van der Waals surface area contributed by atoms with Crippen molar-refractivity contribution in [1.82, 2.24) is 15.1 Å². The van der Waals surface area contributed by atoms with Crippen molar-refractivity contribution in [1.29, 1.82) is 0 Å². The van der Waals surface area contributed by atoms with Crippen molar-refractivity contribution in [2.75, 3.05) is 40.3 Å². The Morgan fingerprint density at radius 2 is 2.00 bits per heavy atom. The van der Waals surface area contributed by atoms with E-state index in [-0.39, 0.29) is 6.04 Å². The number of carboxylic acid groups (broad SMARTS) is 1. The zero-order valence-electron chi connectivity index (χ0n) is 12.8. The Morgan fingerprint density at radius 3 is 2.55 bits per heavy atom. The van der Waals surface area contributed by atoms with Crippen LogP contribution in [0.25, 0.3) is 0 Å². The van der Waals surface area contributed by atoms with Crippen molar-refractivity contribution < 1.29 is 9.90 Å². The predicted octanol–water partition coefficient (Wildman–Crippen LogP) is 0.855. The molecule has 2 fully saturated rings. The molecule has 1 heterocycles. The monoisotopic (exact) mass is 283 g/mol. The Balaban J connectivity index is 1.65. The summed E-state index contributed by atoms with van der Waals surface area (Å²) >= 11 is 0. The van der Waals surface area contributed by atoms with Gasteiger partial charge in [-0.05, 0) is 71.8 Å². The largest absolute Gasteiger partial charge is 0.480 e. The number of aliphatic carboxylic acids is 1. The fraction of sp³-hybridized carbons (Fsp3) is 0.933. The fourth-order valence-electron chi connectivity index (χ4n) is 2.94. The quantitative estimate of drug-likeness (QED) is 0.692. The second kappa shape index (κ2) is 7.38. The molecule has 2 N–H and O–H groups in total. The highest BCUT2D eigenvalue weighted by Gasteiger charge is 2.28. The number of hydrogen-bond donors (Lipinski definition) is 2. The van der Waals surface area contributed by atoms with Crippen LogP contribution in [0, 0.1) is 5.92 Å². The van der Waals surface area contributed by atoms with E-state index in [1.165, 1.54) is 25.9 Å². The number of piperidine rings is 1. The molecular weight excluding hydrogens is 254 g/mol. The smallest absolute Gasteiger partial charge is 0.320 e. The summed E-state index contributed by atoms with van der Waals surface area (Å²) in [6.07, 6.45) is 5.51. The van der Waals surface area contributed by atoms with Crippen molar-refractivity contribution in [2.45, 2.75) is 44.2 Å². The first kappa shape index (κ1) is 15.7. The molecule has 1 atom stereocenters. The van der Waals surface area contributed by atoms with E-state index in [0.717, 1.165) is 31.8 Å². The second-order valence-corrected chi connectivity index (χ2v) is 6.63. The lowest BCUT2D eigenvalue weighted by Crippen LogP contribution is -2.41. The summed E-state index contributed by atoms with van der Waals surface area (Å²) in [5, 5.41) is 12.4. The highest BCUT2D eigenvalue weighted by Crippen LogP contribution is 2.20. The first-order chi connectivity index (χ1) is 9.54. The van der Waals surface area contributed by atoms with Crippen LogP contribution in [0.3, 0.4) is 0 Å². The maximum atomic E-state index is 11.2. The molecule has 1 aliphatic carbocycles. The molecule has 116 valence electrons. The lowest BCUT2D eigenvalue weighted by molar-refractivity contribution is -0.139. The molecule has 1 unspecified atom stereocenters. The third kappa shape index (κ3) is 5.38. The maximum Gasteiger partial charge on any atom is 0.320 e. The molecule has 0 amide bonds. The van der Waals surface area contributed by atoms with Crippen LogP contribution in [0.15, 0.2) is 0 Å². The van der Waals surface area contributed by atoms with E-state index in [4.69, 9.17) is 0 Å². The second-order valence-electron chi connectivity index (χ2n) is 6.63. The predicted molar refractivity (Wildman–Crippen MR) is 79.9 cm³/mol. The zero-order chi connectivity index (χ0) is 14.5. The first-order valence-corrected chi connectivity index (χ1v) is 7.90. The molecule has 1 saturated heterocycles. The third-order valence-corrected chi connectivity index (χ3v) is 4.52. The number of nitrogens with zero attached hydrogens (tertiary/aromatic N) is 2. The number of nitrogens with one attached hydrogen (secondary N) is 1. The molecule has 0 aromatic rings. The van der Waals surface area contributed by atoms with Crippen molar-refractivity contribution in [3.05, 3.63) is 0 Å². The summed E-state index contributed by atoms with van der Waals surface area (Å²) in [5.41, 5.74) is 0. The summed E-state index contributed by atoms with van der Waals surface area (Å²) in [6, 6.07) is 0.0812. The van der Waals surface area contributed by atoms with Crippen LogP contribution < -0.4 is 5.32 Å². The minimum absolute atomic E-state index is 0.373. The summed E-state index contributed by atoms with van der Waals surface area (Å²) in [4.78, 5) is 15.9. The lowest BCUT2D eigenvalue weighted by Gasteiger charge is -2.32. The summed E-state index contributed by atoms with van der Waals surface area (Å²) in [5.74, 6) is 0.0699. The number of carboxylic acids is 1. The Kier molecular flexibility index (Phi) is 5.81. The van der Waals surface area contributed by atoms with Gasteiger partial charge in [-0.1, -0.05) is 0 Å². The van der Waals surface area contributed by atoms with Gasteiger partial charge in [-0.25, -0.2) is 0 Å². The van der Waals surface area contributed by atoms with Gasteiger partial charge in [-0.2, -0.15) is 0 Å². The molecule has 0 aromatic carbocycles. The molecule has 1 saturated carbocycles. The van der Waals surface area contributed by atoms with Gasteiger partial charge in [0.25, 0.3) is 0 Å². The highest BCUT2D eigenvalue weighted by atomic mass is 16.4. The number of hydrogen-bond acceptors (Lipinski definition) is 4. The van der Waals surface area contributed by atoms with Crippen LogP contribution in [0.5, 0.6) is 0 Å². The van der Waals surface area contributed by atoms with Gasteiger partial charge in [0.15, 0.2) is 0 Å². The minimum Gasteiger partial charge on any atom is -0.480 e. The van der Waals surface area contributed by atoms with Gasteiger partial charge in [0.05, 0.1) is 0 Å². The van der Waals surface area contributed by atoms with E-state index >= 15 is 0 Å². The first-order valence-electron chi connectivity index (χ1n) is 7.90. The summed E-state index contributed by atoms with van der Waals surface area (Å²) < 4.78 is 0. The van der Waals surface area contributed by atoms with E-state index in [2.05, 4.69) is 29.2 Å². The van der Waals surface area contributed by atoms with Gasteiger partial charge in [-0.3, -0.25) is 4.79 Å². The normalized spacial score (nSPS) is 23.1. The molecule has 0 bridgehead atoms. The van der Waals surface area contributed by atoms with Crippen LogP contribution in [0.2, 0.25) is 0 Å². The van der Waals surface area contributed by atoms with Crippen molar-refractivity contribution >= 4 is 5.97 Å². The van der Waals surface area contributed by atoms with E-state index in [9.17, 15) is 9.90 Å². The van der Waals surface area contributed by atoms with E-state index in [0.29, 0.717) is 12.5 Å². The molecule has 0 spiro atoms. The third-order valence-electron chi connectivity index (χ3n) is 4.52. The van der Waals surface area contributed by atoms with E-state index in [1.54, 1.807) is 0 Å². The van der Waals surface area contributed by atoms with Gasteiger partial charge in [-0.15, -0.1) is 0 Å². The topological polar surface area (TPSA) is 55.8 Å². The van der Waals surface area contributed by atoms with Crippen LogP contribution in [0.4, 0.5) is 0 Å². The van der Waals surface area contributed by atoms with Gasteiger partial charge in [0, 0.05) is 12.6 Å². The SMILES string of the molecule is CN1CCC(CN(C)CCC(NC2CC2)C(=O)O)CC1. The molecule has 5 nitrogen and oxygen atoms in total. The Morgan fingerprint density at radius 1 is 1.35 bits per heavy atom. The minimum atomic E-state index is -0.704. The Hall–Kier alpha value is -0.650. The number of likely N-dealkylation sites (tertiary alicyclic amines) is 1. The summed E-state index contributed by atoms with van der Waals surface area (Å²) in [6.45, 7) is 4.35. The number of carbonyl (C=O) groups is 1. The molecule has 0 aromatic heterocycles. The number of rotatable bonds is 8.